The monoisotopic (exact) mass is 302 g/mol. The zero-order valence-corrected chi connectivity index (χ0v) is 11.5. The summed E-state index contributed by atoms with van der Waals surface area (Å²) < 4.78 is 39.9. The van der Waals surface area contributed by atoms with Crippen LogP contribution in [-0.2, 0) is 6.42 Å². The van der Waals surface area contributed by atoms with Crippen molar-refractivity contribution in [1.82, 2.24) is 0 Å². The van der Waals surface area contributed by atoms with Crippen molar-refractivity contribution in [3.8, 4) is 5.75 Å². The summed E-state index contributed by atoms with van der Waals surface area (Å²) in [7, 11) is 0. The largest absolute Gasteiger partial charge is 0.573 e. The average Bonchev–Trinajstić information content (AvgIpc) is 2.76. The van der Waals surface area contributed by atoms with E-state index in [2.05, 4.69) is 4.74 Å². The van der Waals surface area contributed by atoms with Gasteiger partial charge in [0.05, 0.1) is 6.10 Å². The van der Waals surface area contributed by atoms with E-state index in [9.17, 15) is 18.3 Å². The molecule has 0 aliphatic heterocycles. The molecule has 1 aromatic carbocycles. The van der Waals surface area contributed by atoms with Gasteiger partial charge in [-0.15, -0.1) is 24.5 Å². The molecule has 0 aliphatic carbocycles. The minimum atomic E-state index is -4.69. The molecule has 0 fully saturated rings. The van der Waals surface area contributed by atoms with Crippen LogP contribution in [0.15, 0.2) is 35.7 Å². The van der Waals surface area contributed by atoms with Crippen molar-refractivity contribution in [3.05, 3.63) is 51.7 Å². The molecular weight excluding hydrogens is 289 g/mol. The van der Waals surface area contributed by atoms with Crippen LogP contribution < -0.4 is 4.74 Å². The lowest BCUT2D eigenvalue weighted by Crippen LogP contribution is -2.17. The van der Waals surface area contributed by atoms with Crippen LogP contribution in [0.4, 0.5) is 13.2 Å². The molecule has 0 saturated carbocycles. The first-order valence-electron chi connectivity index (χ1n) is 5.92. The van der Waals surface area contributed by atoms with E-state index in [0.29, 0.717) is 6.42 Å². The minimum absolute atomic E-state index is 0.261. The number of aliphatic hydroxyl groups excluding tert-OH is 1. The predicted molar refractivity (Wildman–Crippen MR) is 70.8 cm³/mol. The van der Waals surface area contributed by atoms with Gasteiger partial charge in [0, 0.05) is 11.3 Å². The van der Waals surface area contributed by atoms with Gasteiger partial charge in [0.1, 0.15) is 5.75 Å². The van der Waals surface area contributed by atoms with Gasteiger partial charge in [-0.1, -0.05) is 12.1 Å². The highest BCUT2D eigenvalue weighted by Gasteiger charge is 2.30. The van der Waals surface area contributed by atoms with E-state index in [-0.39, 0.29) is 5.75 Å². The fourth-order valence-corrected chi connectivity index (χ4v) is 2.78. The number of alkyl halides is 3. The van der Waals surface area contributed by atoms with Gasteiger partial charge in [0.2, 0.25) is 0 Å². The van der Waals surface area contributed by atoms with E-state index in [1.165, 1.54) is 35.6 Å². The number of rotatable bonds is 4. The Bertz CT molecular complexity index is 561. The van der Waals surface area contributed by atoms with Gasteiger partial charge in [0.25, 0.3) is 0 Å². The van der Waals surface area contributed by atoms with E-state index in [0.717, 1.165) is 16.0 Å². The molecule has 0 amide bonds. The summed E-state index contributed by atoms with van der Waals surface area (Å²) in [5, 5.41) is 12.0. The summed E-state index contributed by atoms with van der Waals surface area (Å²) in [4.78, 5) is 0.876. The number of hydrogen-bond donors (Lipinski definition) is 1. The lowest BCUT2D eigenvalue weighted by molar-refractivity contribution is -0.274. The van der Waals surface area contributed by atoms with Crippen LogP contribution in [0.3, 0.4) is 0 Å². The lowest BCUT2D eigenvalue weighted by Gasteiger charge is -2.12. The standard InChI is InChI=1S/C14H13F3O2S/c1-9-6-7-20-13(9)12(18)8-10-2-4-11(5-3-10)19-14(15,16)17/h2-7,12,18H,8H2,1H3. The number of ether oxygens (including phenoxy) is 1. The number of aryl methyl sites for hydroxylation is 1. The Balaban J connectivity index is 2.02. The van der Waals surface area contributed by atoms with Gasteiger partial charge in [-0.05, 0) is 41.6 Å². The molecule has 2 nitrogen and oxygen atoms in total. The van der Waals surface area contributed by atoms with Crippen molar-refractivity contribution in [3.63, 3.8) is 0 Å². The molecule has 1 atom stereocenters. The normalized spacial score (nSPS) is 13.2. The van der Waals surface area contributed by atoms with Crippen LogP contribution in [-0.4, -0.2) is 11.5 Å². The predicted octanol–water partition coefficient (Wildman–Crippen LogP) is 4.23. The van der Waals surface area contributed by atoms with Crippen LogP contribution in [0, 0.1) is 6.92 Å². The summed E-state index contributed by atoms with van der Waals surface area (Å²) in [5.41, 5.74) is 1.76. The second kappa shape index (κ2) is 5.85. The highest BCUT2D eigenvalue weighted by molar-refractivity contribution is 7.10. The van der Waals surface area contributed by atoms with E-state index in [4.69, 9.17) is 0 Å². The molecule has 0 bridgehead atoms. The van der Waals surface area contributed by atoms with E-state index in [1.54, 1.807) is 0 Å². The number of aliphatic hydroxyl groups is 1. The SMILES string of the molecule is Cc1ccsc1C(O)Cc1ccc(OC(F)(F)F)cc1. The third-order valence-electron chi connectivity index (χ3n) is 2.79. The van der Waals surface area contributed by atoms with Crippen molar-refractivity contribution >= 4 is 11.3 Å². The number of thiophene rings is 1. The molecule has 2 aromatic rings. The maximum atomic E-state index is 12.0. The van der Waals surface area contributed by atoms with Crippen molar-refractivity contribution < 1.29 is 23.0 Å². The second-order valence-electron chi connectivity index (χ2n) is 4.38. The van der Waals surface area contributed by atoms with E-state index >= 15 is 0 Å². The summed E-state index contributed by atoms with van der Waals surface area (Å²) in [6.07, 6.45) is -4.98. The van der Waals surface area contributed by atoms with Crippen molar-refractivity contribution in [2.75, 3.05) is 0 Å². The Hall–Kier alpha value is -1.53. The fraction of sp³-hybridized carbons (Fsp3) is 0.286. The van der Waals surface area contributed by atoms with Gasteiger partial charge in [-0.3, -0.25) is 0 Å². The van der Waals surface area contributed by atoms with Crippen molar-refractivity contribution in [2.24, 2.45) is 0 Å². The average molecular weight is 302 g/mol. The van der Waals surface area contributed by atoms with Crippen LogP contribution in [0.25, 0.3) is 0 Å². The van der Waals surface area contributed by atoms with Gasteiger partial charge in [-0.2, -0.15) is 0 Å². The molecule has 0 spiro atoms. The topological polar surface area (TPSA) is 29.5 Å². The summed E-state index contributed by atoms with van der Waals surface area (Å²) in [6, 6.07) is 7.46. The van der Waals surface area contributed by atoms with Crippen LogP contribution in [0.2, 0.25) is 0 Å². The van der Waals surface area contributed by atoms with Crippen LogP contribution in [0.1, 0.15) is 22.1 Å². The maximum Gasteiger partial charge on any atom is 0.573 e. The third kappa shape index (κ3) is 3.98. The maximum absolute atomic E-state index is 12.0. The molecule has 2 rings (SSSR count). The molecule has 0 radical (unpaired) electrons. The quantitative estimate of drug-likeness (QED) is 0.915. The van der Waals surface area contributed by atoms with Crippen molar-refractivity contribution in [1.29, 1.82) is 0 Å². The van der Waals surface area contributed by atoms with Gasteiger partial charge in [-0.25, -0.2) is 0 Å². The number of benzene rings is 1. The van der Waals surface area contributed by atoms with E-state index in [1.807, 2.05) is 18.4 Å². The second-order valence-corrected chi connectivity index (χ2v) is 5.33. The molecule has 1 unspecified atom stereocenters. The van der Waals surface area contributed by atoms with Crippen LogP contribution in [0.5, 0.6) is 5.75 Å². The zero-order valence-electron chi connectivity index (χ0n) is 10.6. The lowest BCUT2D eigenvalue weighted by atomic mass is 10.1. The first kappa shape index (κ1) is 14.9. The molecule has 1 N–H and O–H groups in total. The molecule has 1 heterocycles. The Morgan fingerprint density at radius 3 is 2.35 bits per heavy atom. The molecule has 108 valence electrons. The molecule has 0 saturated heterocycles. The highest BCUT2D eigenvalue weighted by Crippen LogP contribution is 2.28. The number of halogens is 3. The number of hydrogen-bond acceptors (Lipinski definition) is 3. The zero-order chi connectivity index (χ0) is 14.8. The van der Waals surface area contributed by atoms with Gasteiger partial charge >= 0.3 is 6.36 Å². The Morgan fingerprint density at radius 2 is 1.85 bits per heavy atom. The van der Waals surface area contributed by atoms with Gasteiger partial charge < -0.3 is 9.84 Å². The molecule has 20 heavy (non-hydrogen) atoms. The molecular formula is C14H13F3O2S. The minimum Gasteiger partial charge on any atom is -0.406 e. The first-order chi connectivity index (χ1) is 9.35. The first-order valence-corrected chi connectivity index (χ1v) is 6.80. The molecule has 6 heteroatoms. The molecule has 0 aliphatic rings. The third-order valence-corrected chi connectivity index (χ3v) is 3.91. The van der Waals surface area contributed by atoms with Crippen molar-refractivity contribution in [2.45, 2.75) is 25.8 Å². The smallest absolute Gasteiger partial charge is 0.406 e. The Morgan fingerprint density at radius 1 is 1.20 bits per heavy atom. The van der Waals surface area contributed by atoms with Crippen LogP contribution >= 0.6 is 11.3 Å². The van der Waals surface area contributed by atoms with Gasteiger partial charge in [0.15, 0.2) is 0 Å². The Kier molecular flexibility index (Phi) is 4.35. The Labute approximate surface area is 118 Å². The fourth-order valence-electron chi connectivity index (χ4n) is 1.87. The highest BCUT2D eigenvalue weighted by atomic mass is 32.1. The summed E-state index contributed by atoms with van der Waals surface area (Å²) in [5.74, 6) is -0.261. The molecule has 1 aromatic heterocycles. The summed E-state index contributed by atoms with van der Waals surface area (Å²) in [6.45, 7) is 1.91. The van der Waals surface area contributed by atoms with E-state index < -0.39 is 12.5 Å². The summed E-state index contributed by atoms with van der Waals surface area (Å²) >= 11 is 1.46.